The SMILES string of the molecule is COc1nc(C=O)ccc1Cc1ccccc1Cl. The fourth-order valence-electron chi connectivity index (χ4n) is 1.71. The molecule has 0 N–H and O–H groups in total. The minimum absolute atomic E-state index is 0.356. The predicted molar refractivity (Wildman–Crippen MR) is 70.4 cm³/mol. The zero-order valence-corrected chi connectivity index (χ0v) is 10.6. The normalized spacial score (nSPS) is 10.1. The van der Waals surface area contributed by atoms with Crippen LogP contribution in [0.5, 0.6) is 5.88 Å². The first-order valence-corrected chi connectivity index (χ1v) is 5.85. The van der Waals surface area contributed by atoms with E-state index in [1.54, 1.807) is 6.07 Å². The highest BCUT2D eigenvalue weighted by atomic mass is 35.5. The summed E-state index contributed by atoms with van der Waals surface area (Å²) in [6.07, 6.45) is 1.32. The van der Waals surface area contributed by atoms with E-state index >= 15 is 0 Å². The van der Waals surface area contributed by atoms with Crippen LogP contribution in [-0.2, 0) is 6.42 Å². The molecule has 0 unspecified atom stereocenters. The standard InChI is InChI=1S/C14H12ClNO2/c1-18-14-11(6-7-12(9-17)16-14)8-10-4-2-3-5-13(10)15/h2-7,9H,8H2,1H3. The molecule has 18 heavy (non-hydrogen) atoms. The van der Waals surface area contributed by atoms with Gasteiger partial charge in [0.15, 0.2) is 6.29 Å². The average molecular weight is 262 g/mol. The molecular weight excluding hydrogens is 250 g/mol. The molecule has 0 bridgehead atoms. The maximum Gasteiger partial charge on any atom is 0.217 e. The molecule has 0 fully saturated rings. The first-order valence-electron chi connectivity index (χ1n) is 5.47. The Bertz CT molecular complexity index is 569. The highest BCUT2D eigenvalue weighted by Crippen LogP contribution is 2.23. The minimum Gasteiger partial charge on any atom is -0.481 e. The molecule has 0 atom stereocenters. The van der Waals surface area contributed by atoms with Crippen molar-refractivity contribution in [2.75, 3.05) is 7.11 Å². The van der Waals surface area contributed by atoms with Crippen molar-refractivity contribution in [1.29, 1.82) is 0 Å². The molecular formula is C14H12ClNO2. The van der Waals surface area contributed by atoms with Crippen molar-refractivity contribution in [2.45, 2.75) is 6.42 Å². The Morgan fingerprint density at radius 3 is 2.67 bits per heavy atom. The highest BCUT2D eigenvalue weighted by Gasteiger charge is 2.08. The van der Waals surface area contributed by atoms with Crippen molar-refractivity contribution in [3.63, 3.8) is 0 Å². The largest absolute Gasteiger partial charge is 0.481 e. The van der Waals surface area contributed by atoms with Gasteiger partial charge in [0.25, 0.3) is 0 Å². The van der Waals surface area contributed by atoms with E-state index in [1.807, 2.05) is 30.3 Å². The molecule has 0 aliphatic heterocycles. The number of aromatic nitrogens is 1. The second-order valence-corrected chi connectivity index (χ2v) is 4.20. The fraction of sp³-hybridized carbons (Fsp3) is 0.143. The van der Waals surface area contributed by atoms with Crippen LogP contribution in [0.1, 0.15) is 21.6 Å². The third kappa shape index (κ3) is 2.68. The lowest BCUT2D eigenvalue weighted by molar-refractivity contribution is 0.111. The van der Waals surface area contributed by atoms with Gasteiger partial charge in [-0.3, -0.25) is 4.79 Å². The molecule has 0 aliphatic rings. The number of halogens is 1. The number of carbonyl (C=O) groups is 1. The molecule has 0 saturated carbocycles. The van der Waals surface area contributed by atoms with Crippen LogP contribution in [-0.4, -0.2) is 18.4 Å². The van der Waals surface area contributed by atoms with Crippen LogP contribution >= 0.6 is 11.6 Å². The molecule has 2 rings (SSSR count). The number of benzene rings is 1. The Hall–Kier alpha value is -1.87. The van der Waals surface area contributed by atoms with Crippen molar-refractivity contribution < 1.29 is 9.53 Å². The summed E-state index contributed by atoms with van der Waals surface area (Å²) in [4.78, 5) is 14.8. The molecule has 1 heterocycles. The molecule has 0 radical (unpaired) electrons. The second-order valence-electron chi connectivity index (χ2n) is 3.79. The van der Waals surface area contributed by atoms with Crippen LogP contribution in [0.25, 0.3) is 0 Å². The third-order valence-corrected chi connectivity index (χ3v) is 2.98. The topological polar surface area (TPSA) is 39.2 Å². The molecule has 0 saturated heterocycles. The van der Waals surface area contributed by atoms with E-state index in [9.17, 15) is 4.79 Å². The van der Waals surface area contributed by atoms with Crippen molar-refractivity contribution in [3.05, 3.63) is 58.2 Å². The van der Waals surface area contributed by atoms with Gasteiger partial charge in [-0.05, 0) is 17.7 Å². The van der Waals surface area contributed by atoms with Gasteiger partial charge in [-0.15, -0.1) is 0 Å². The molecule has 0 spiro atoms. The number of nitrogens with zero attached hydrogens (tertiary/aromatic N) is 1. The van der Waals surface area contributed by atoms with Gasteiger partial charge in [-0.2, -0.15) is 0 Å². The van der Waals surface area contributed by atoms with Crippen LogP contribution in [0.15, 0.2) is 36.4 Å². The van der Waals surface area contributed by atoms with Crippen LogP contribution < -0.4 is 4.74 Å². The number of pyridine rings is 1. The highest BCUT2D eigenvalue weighted by molar-refractivity contribution is 6.31. The summed E-state index contributed by atoms with van der Waals surface area (Å²) in [5.41, 5.74) is 2.25. The van der Waals surface area contributed by atoms with Gasteiger partial charge < -0.3 is 4.74 Å². The minimum atomic E-state index is 0.356. The van der Waals surface area contributed by atoms with Crippen molar-refractivity contribution in [3.8, 4) is 5.88 Å². The van der Waals surface area contributed by atoms with E-state index in [2.05, 4.69) is 4.98 Å². The molecule has 1 aromatic heterocycles. The summed E-state index contributed by atoms with van der Waals surface area (Å²) in [6.45, 7) is 0. The summed E-state index contributed by atoms with van der Waals surface area (Å²) in [5.74, 6) is 0.458. The molecule has 0 amide bonds. The number of aldehydes is 1. The van der Waals surface area contributed by atoms with Gasteiger partial charge in [0, 0.05) is 17.0 Å². The summed E-state index contributed by atoms with van der Waals surface area (Å²) in [7, 11) is 1.53. The Morgan fingerprint density at radius 1 is 1.22 bits per heavy atom. The molecule has 3 nitrogen and oxygen atoms in total. The van der Waals surface area contributed by atoms with Crippen LogP contribution in [0.2, 0.25) is 5.02 Å². The molecule has 0 aliphatic carbocycles. The van der Waals surface area contributed by atoms with Gasteiger partial charge in [-0.25, -0.2) is 4.98 Å². The molecule has 4 heteroatoms. The first kappa shape index (κ1) is 12.6. The van der Waals surface area contributed by atoms with E-state index in [4.69, 9.17) is 16.3 Å². The van der Waals surface area contributed by atoms with E-state index in [-0.39, 0.29) is 0 Å². The van der Waals surface area contributed by atoms with Crippen LogP contribution in [0.4, 0.5) is 0 Å². The quantitative estimate of drug-likeness (QED) is 0.794. The Morgan fingerprint density at radius 2 is 2.00 bits per heavy atom. The Kier molecular flexibility index (Phi) is 3.95. The second kappa shape index (κ2) is 5.65. The van der Waals surface area contributed by atoms with E-state index in [0.29, 0.717) is 29.3 Å². The summed E-state index contributed by atoms with van der Waals surface area (Å²) in [6, 6.07) is 11.1. The fourth-order valence-corrected chi connectivity index (χ4v) is 1.91. The van der Waals surface area contributed by atoms with Gasteiger partial charge in [0.2, 0.25) is 5.88 Å². The molecule has 2 aromatic rings. The lowest BCUT2D eigenvalue weighted by atomic mass is 10.1. The number of methoxy groups -OCH3 is 1. The van der Waals surface area contributed by atoms with E-state index in [0.717, 1.165) is 11.1 Å². The van der Waals surface area contributed by atoms with Gasteiger partial charge >= 0.3 is 0 Å². The molecule has 92 valence electrons. The Balaban J connectivity index is 2.34. The predicted octanol–water partition coefficient (Wildman–Crippen LogP) is 3.15. The summed E-state index contributed by atoms with van der Waals surface area (Å²) >= 11 is 6.11. The van der Waals surface area contributed by atoms with Gasteiger partial charge in [-0.1, -0.05) is 35.9 Å². The number of carbonyl (C=O) groups excluding carboxylic acids is 1. The number of ether oxygens (including phenoxy) is 1. The smallest absolute Gasteiger partial charge is 0.217 e. The number of hydrogen-bond acceptors (Lipinski definition) is 3. The first-order chi connectivity index (χ1) is 8.74. The van der Waals surface area contributed by atoms with Crippen LogP contribution in [0, 0.1) is 0 Å². The zero-order chi connectivity index (χ0) is 13.0. The van der Waals surface area contributed by atoms with Crippen molar-refractivity contribution in [2.24, 2.45) is 0 Å². The van der Waals surface area contributed by atoms with Crippen molar-refractivity contribution in [1.82, 2.24) is 4.98 Å². The third-order valence-electron chi connectivity index (χ3n) is 2.61. The molecule has 1 aromatic carbocycles. The van der Waals surface area contributed by atoms with Crippen LogP contribution in [0.3, 0.4) is 0 Å². The number of hydrogen-bond donors (Lipinski definition) is 0. The lowest BCUT2D eigenvalue weighted by Gasteiger charge is -2.09. The zero-order valence-electron chi connectivity index (χ0n) is 9.89. The average Bonchev–Trinajstić information content (AvgIpc) is 2.41. The maximum absolute atomic E-state index is 10.7. The monoisotopic (exact) mass is 261 g/mol. The summed E-state index contributed by atoms with van der Waals surface area (Å²) < 4.78 is 5.19. The summed E-state index contributed by atoms with van der Waals surface area (Å²) in [5, 5.41) is 0.707. The van der Waals surface area contributed by atoms with E-state index in [1.165, 1.54) is 7.11 Å². The van der Waals surface area contributed by atoms with Gasteiger partial charge in [0.05, 0.1) is 7.11 Å². The maximum atomic E-state index is 10.7. The number of rotatable bonds is 4. The van der Waals surface area contributed by atoms with Crippen molar-refractivity contribution >= 4 is 17.9 Å². The lowest BCUT2D eigenvalue weighted by Crippen LogP contribution is -1.99. The Labute approximate surface area is 110 Å². The van der Waals surface area contributed by atoms with E-state index < -0.39 is 0 Å². The van der Waals surface area contributed by atoms with Gasteiger partial charge in [0.1, 0.15) is 5.69 Å².